The Morgan fingerprint density at radius 3 is 1.74 bits per heavy atom. The van der Waals surface area contributed by atoms with Crippen LogP contribution in [-0.4, -0.2) is 11.9 Å². The quantitative estimate of drug-likeness (QED) is 0.304. The van der Waals surface area contributed by atoms with Crippen molar-refractivity contribution in [1.29, 1.82) is 0 Å². The number of carbonyl (C=O) groups is 2. The Hall–Kier alpha value is -4.13. The van der Waals surface area contributed by atoms with Crippen molar-refractivity contribution in [2.75, 3.05) is 0 Å². The van der Waals surface area contributed by atoms with Gasteiger partial charge in [0.25, 0.3) is 0 Å². The van der Waals surface area contributed by atoms with Crippen molar-refractivity contribution in [3.8, 4) is 22.6 Å². The summed E-state index contributed by atoms with van der Waals surface area (Å²) in [5, 5.41) is 0. The molecule has 0 fully saturated rings. The molecule has 7 heteroatoms. The first-order valence-electron chi connectivity index (χ1n) is 9.04. The standard InChI is InChI=1S/C24H21FO6/c1-16(2)23(26)30-13-11-28-19-7-5-18(6-8-19)21-10-9-20(15-22(21)25)29-12-14-31-24(27)17(3)4/h5-15H,1,3H2,2,4H3/b13-11-,14-12-. The van der Waals surface area contributed by atoms with Crippen LogP contribution in [0.5, 0.6) is 11.5 Å². The lowest BCUT2D eigenvalue weighted by atomic mass is 10.0. The van der Waals surface area contributed by atoms with E-state index in [2.05, 4.69) is 13.2 Å². The fourth-order valence-electron chi connectivity index (χ4n) is 2.11. The van der Waals surface area contributed by atoms with Gasteiger partial charge in [0, 0.05) is 22.8 Å². The van der Waals surface area contributed by atoms with E-state index < -0.39 is 17.8 Å². The fraction of sp³-hybridized carbons (Fsp3) is 0.0833. The molecular weight excluding hydrogens is 403 g/mol. The van der Waals surface area contributed by atoms with E-state index in [4.69, 9.17) is 18.9 Å². The number of rotatable bonds is 9. The SMILES string of the molecule is C=C(C)C(=O)O/C=C\Oc1ccc(-c2ccc(O/C=C\OC(=O)C(=C)C)cc2F)cc1. The van der Waals surface area contributed by atoms with Gasteiger partial charge in [0.2, 0.25) is 0 Å². The van der Waals surface area contributed by atoms with Crippen LogP contribution in [-0.2, 0) is 19.1 Å². The van der Waals surface area contributed by atoms with E-state index in [9.17, 15) is 14.0 Å². The van der Waals surface area contributed by atoms with Crippen LogP contribution in [0, 0.1) is 5.82 Å². The van der Waals surface area contributed by atoms with Gasteiger partial charge in [0.1, 0.15) is 42.4 Å². The molecule has 0 bridgehead atoms. The molecule has 0 aromatic heterocycles. The smallest absolute Gasteiger partial charge is 0.338 e. The van der Waals surface area contributed by atoms with Crippen LogP contribution in [0.3, 0.4) is 0 Å². The first-order chi connectivity index (χ1) is 14.8. The second-order valence-corrected chi connectivity index (χ2v) is 6.32. The summed E-state index contributed by atoms with van der Waals surface area (Å²) in [7, 11) is 0. The average Bonchev–Trinajstić information content (AvgIpc) is 2.74. The Labute approximate surface area is 179 Å². The van der Waals surface area contributed by atoms with Crippen molar-refractivity contribution >= 4 is 11.9 Å². The van der Waals surface area contributed by atoms with Gasteiger partial charge in [-0.15, -0.1) is 0 Å². The molecule has 31 heavy (non-hydrogen) atoms. The summed E-state index contributed by atoms with van der Waals surface area (Å²) in [5.74, 6) is -0.928. The zero-order valence-electron chi connectivity index (χ0n) is 17.1. The summed E-state index contributed by atoms with van der Waals surface area (Å²) in [6, 6.07) is 11.0. The summed E-state index contributed by atoms with van der Waals surface area (Å²) in [6.45, 7) is 9.96. The molecular formula is C24H21FO6. The number of carbonyl (C=O) groups excluding carboxylic acids is 2. The summed E-state index contributed by atoms with van der Waals surface area (Å²) < 4.78 is 34.5. The zero-order valence-corrected chi connectivity index (χ0v) is 17.1. The minimum atomic E-state index is -0.586. The molecule has 0 aliphatic heterocycles. The molecule has 0 saturated heterocycles. The second kappa shape index (κ2) is 11.2. The molecule has 0 atom stereocenters. The van der Waals surface area contributed by atoms with E-state index in [-0.39, 0.29) is 16.9 Å². The van der Waals surface area contributed by atoms with E-state index in [0.29, 0.717) is 16.9 Å². The van der Waals surface area contributed by atoms with Crippen molar-refractivity contribution in [3.05, 3.63) is 97.6 Å². The summed E-state index contributed by atoms with van der Waals surface area (Å²) >= 11 is 0. The number of benzene rings is 2. The van der Waals surface area contributed by atoms with Crippen molar-refractivity contribution in [1.82, 2.24) is 0 Å². The van der Waals surface area contributed by atoms with Crippen LogP contribution in [0.4, 0.5) is 4.39 Å². The average molecular weight is 424 g/mol. The zero-order chi connectivity index (χ0) is 22.8. The normalized spacial score (nSPS) is 10.7. The minimum Gasteiger partial charge on any atom is -0.462 e. The van der Waals surface area contributed by atoms with Crippen molar-refractivity contribution in [2.24, 2.45) is 0 Å². The van der Waals surface area contributed by atoms with E-state index in [1.807, 2.05) is 0 Å². The Balaban J connectivity index is 1.95. The first kappa shape index (κ1) is 23.2. The van der Waals surface area contributed by atoms with E-state index >= 15 is 0 Å². The maximum atomic E-state index is 14.5. The van der Waals surface area contributed by atoms with Gasteiger partial charge in [-0.2, -0.15) is 0 Å². The van der Waals surface area contributed by atoms with E-state index in [1.54, 1.807) is 36.4 Å². The van der Waals surface area contributed by atoms with Crippen LogP contribution >= 0.6 is 0 Å². The monoisotopic (exact) mass is 424 g/mol. The molecule has 0 spiro atoms. The third kappa shape index (κ3) is 7.32. The highest BCUT2D eigenvalue weighted by molar-refractivity contribution is 5.87. The molecule has 0 unspecified atom stereocenters. The molecule has 0 aliphatic rings. The third-order valence-corrected chi connectivity index (χ3v) is 3.67. The summed E-state index contributed by atoms with van der Waals surface area (Å²) in [6.07, 6.45) is 4.50. The molecule has 2 aromatic rings. The molecule has 160 valence electrons. The van der Waals surface area contributed by atoms with Gasteiger partial charge < -0.3 is 18.9 Å². The van der Waals surface area contributed by atoms with Crippen LogP contribution in [0.15, 0.2) is 91.8 Å². The lowest BCUT2D eigenvalue weighted by Gasteiger charge is -2.07. The molecule has 0 heterocycles. The third-order valence-electron chi connectivity index (χ3n) is 3.67. The molecule has 0 amide bonds. The Bertz CT molecular complexity index is 1030. The van der Waals surface area contributed by atoms with Crippen LogP contribution in [0.1, 0.15) is 13.8 Å². The lowest BCUT2D eigenvalue weighted by Crippen LogP contribution is -1.99. The summed E-state index contributed by atoms with van der Waals surface area (Å²) in [5.41, 5.74) is 1.51. The van der Waals surface area contributed by atoms with Gasteiger partial charge in [-0.05, 0) is 43.7 Å². The molecule has 2 aromatic carbocycles. The van der Waals surface area contributed by atoms with Crippen LogP contribution in [0.2, 0.25) is 0 Å². The Kier molecular flexibility index (Phi) is 8.33. The largest absolute Gasteiger partial charge is 0.462 e. The predicted octanol–water partition coefficient (Wildman–Crippen LogP) is 5.43. The highest BCUT2D eigenvalue weighted by Crippen LogP contribution is 2.28. The van der Waals surface area contributed by atoms with Crippen molar-refractivity contribution in [2.45, 2.75) is 13.8 Å². The molecule has 0 N–H and O–H groups in total. The minimum absolute atomic E-state index is 0.235. The summed E-state index contributed by atoms with van der Waals surface area (Å²) in [4.78, 5) is 22.5. The molecule has 2 rings (SSSR count). The number of hydrogen-bond donors (Lipinski definition) is 0. The van der Waals surface area contributed by atoms with E-state index in [1.165, 1.54) is 26.2 Å². The maximum Gasteiger partial charge on any atom is 0.338 e. The number of hydrogen-bond acceptors (Lipinski definition) is 6. The van der Waals surface area contributed by atoms with Gasteiger partial charge in [0.05, 0.1) is 0 Å². The van der Waals surface area contributed by atoms with Gasteiger partial charge in [-0.25, -0.2) is 14.0 Å². The number of esters is 2. The predicted molar refractivity (Wildman–Crippen MR) is 113 cm³/mol. The Morgan fingerprint density at radius 2 is 1.26 bits per heavy atom. The topological polar surface area (TPSA) is 71.1 Å². The molecule has 0 aliphatic carbocycles. The molecule has 6 nitrogen and oxygen atoms in total. The van der Waals surface area contributed by atoms with Gasteiger partial charge in [0.15, 0.2) is 0 Å². The number of ether oxygens (including phenoxy) is 4. The lowest BCUT2D eigenvalue weighted by molar-refractivity contribution is -0.134. The van der Waals surface area contributed by atoms with Gasteiger partial charge >= 0.3 is 11.9 Å². The fourth-order valence-corrected chi connectivity index (χ4v) is 2.11. The van der Waals surface area contributed by atoms with Crippen molar-refractivity contribution < 1.29 is 32.9 Å². The van der Waals surface area contributed by atoms with Crippen LogP contribution in [0.25, 0.3) is 11.1 Å². The second-order valence-electron chi connectivity index (χ2n) is 6.32. The highest BCUT2D eigenvalue weighted by Gasteiger charge is 2.07. The first-order valence-corrected chi connectivity index (χ1v) is 9.04. The van der Waals surface area contributed by atoms with E-state index in [0.717, 1.165) is 18.8 Å². The van der Waals surface area contributed by atoms with Gasteiger partial charge in [-0.3, -0.25) is 0 Å². The maximum absolute atomic E-state index is 14.5. The van der Waals surface area contributed by atoms with Crippen LogP contribution < -0.4 is 9.47 Å². The number of halogens is 1. The Morgan fingerprint density at radius 1 is 0.774 bits per heavy atom. The molecule has 0 saturated carbocycles. The van der Waals surface area contributed by atoms with Gasteiger partial charge in [-0.1, -0.05) is 25.3 Å². The molecule has 0 radical (unpaired) electrons. The highest BCUT2D eigenvalue weighted by atomic mass is 19.1. The van der Waals surface area contributed by atoms with Crippen molar-refractivity contribution in [3.63, 3.8) is 0 Å².